The molecule has 1 unspecified atom stereocenters. The molecule has 1 atom stereocenters. The molecule has 1 saturated heterocycles. The third kappa shape index (κ3) is 5.82. The van der Waals surface area contributed by atoms with Crippen LogP contribution in [0.3, 0.4) is 0 Å². The van der Waals surface area contributed by atoms with Crippen LogP contribution < -0.4 is 10.6 Å². The summed E-state index contributed by atoms with van der Waals surface area (Å²) in [6.07, 6.45) is 9.41. The highest BCUT2D eigenvalue weighted by atomic mass is 127. The van der Waals surface area contributed by atoms with Crippen molar-refractivity contribution in [2.45, 2.75) is 52.1 Å². The topological polar surface area (TPSA) is 57.0 Å². The second-order valence-corrected chi connectivity index (χ2v) is 7.41. The Bertz CT molecular complexity index is 654. The van der Waals surface area contributed by atoms with E-state index in [2.05, 4.69) is 50.0 Å². The lowest BCUT2D eigenvalue weighted by atomic mass is 10.0. The van der Waals surface area contributed by atoms with Gasteiger partial charge in [-0.25, -0.2) is 9.98 Å². The molecule has 2 aromatic heterocycles. The molecule has 1 aliphatic heterocycles. The molecule has 1 fully saturated rings. The van der Waals surface area contributed by atoms with E-state index >= 15 is 0 Å². The normalized spacial score (nSPS) is 18.7. The quantitative estimate of drug-likeness (QED) is 0.355. The number of nitrogens with zero attached hydrogens (tertiary/aromatic N) is 4. The number of aromatic nitrogens is 2. The molecule has 0 bridgehead atoms. The van der Waals surface area contributed by atoms with Gasteiger partial charge in [-0.1, -0.05) is 13.3 Å². The Morgan fingerprint density at radius 3 is 3.00 bits per heavy atom. The Kier molecular flexibility index (Phi) is 9.13. The van der Waals surface area contributed by atoms with Gasteiger partial charge in [-0.2, -0.15) is 0 Å². The van der Waals surface area contributed by atoms with Crippen LogP contribution in [0.4, 0.5) is 0 Å². The number of aliphatic imine (C=N–C) groups is 1. The zero-order valence-electron chi connectivity index (χ0n) is 15.8. The first kappa shape index (κ1) is 21.4. The molecule has 0 spiro atoms. The maximum atomic E-state index is 4.69. The van der Waals surface area contributed by atoms with Gasteiger partial charge in [0.2, 0.25) is 0 Å². The van der Waals surface area contributed by atoms with Gasteiger partial charge in [0, 0.05) is 43.4 Å². The Morgan fingerprint density at radius 1 is 1.35 bits per heavy atom. The lowest BCUT2D eigenvalue weighted by Crippen LogP contribution is -2.45. The maximum absolute atomic E-state index is 4.69. The third-order valence-corrected chi connectivity index (χ3v) is 5.57. The highest BCUT2D eigenvalue weighted by Gasteiger charge is 2.19. The minimum Gasteiger partial charge on any atom is -0.357 e. The first-order valence-electron chi connectivity index (χ1n) is 9.47. The number of rotatable bonds is 7. The number of hydrogen-bond acceptors (Lipinski definition) is 4. The Labute approximate surface area is 177 Å². The van der Waals surface area contributed by atoms with Gasteiger partial charge in [0.05, 0.1) is 12.2 Å². The van der Waals surface area contributed by atoms with Crippen molar-refractivity contribution in [2.24, 2.45) is 4.99 Å². The van der Waals surface area contributed by atoms with E-state index in [-0.39, 0.29) is 24.0 Å². The van der Waals surface area contributed by atoms with Gasteiger partial charge in [0.25, 0.3) is 0 Å². The molecule has 0 aliphatic carbocycles. The predicted molar refractivity (Wildman–Crippen MR) is 121 cm³/mol. The summed E-state index contributed by atoms with van der Waals surface area (Å²) in [4.78, 5) is 12.9. The first-order valence-corrected chi connectivity index (χ1v) is 10.4. The van der Waals surface area contributed by atoms with Crippen LogP contribution in [-0.4, -0.2) is 52.5 Å². The van der Waals surface area contributed by atoms with Crippen molar-refractivity contribution in [3.63, 3.8) is 0 Å². The summed E-state index contributed by atoms with van der Waals surface area (Å²) < 4.78 is 2.05. The van der Waals surface area contributed by atoms with Crippen molar-refractivity contribution in [3.05, 3.63) is 23.5 Å². The number of fused-ring (bicyclic) bond motifs is 1. The van der Waals surface area contributed by atoms with E-state index in [1.807, 2.05) is 11.6 Å². The molecule has 0 aromatic carbocycles. The third-order valence-electron chi connectivity index (χ3n) is 4.80. The van der Waals surface area contributed by atoms with Gasteiger partial charge in [-0.05, 0) is 32.7 Å². The van der Waals surface area contributed by atoms with Crippen LogP contribution in [0.1, 0.15) is 45.2 Å². The summed E-state index contributed by atoms with van der Waals surface area (Å²) in [7, 11) is 0. The molecule has 1 aliphatic rings. The summed E-state index contributed by atoms with van der Waals surface area (Å²) in [5, 5.41) is 8.85. The fourth-order valence-electron chi connectivity index (χ4n) is 3.49. The zero-order valence-corrected chi connectivity index (χ0v) is 18.9. The van der Waals surface area contributed by atoms with Crippen molar-refractivity contribution in [2.75, 3.05) is 26.2 Å². The Hall–Kier alpha value is -0.870. The number of halogens is 1. The van der Waals surface area contributed by atoms with Crippen LogP contribution >= 0.6 is 35.3 Å². The van der Waals surface area contributed by atoms with Gasteiger partial charge >= 0.3 is 0 Å². The largest absolute Gasteiger partial charge is 0.357 e. The summed E-state index contributed by atoms with van der Waals surface area (Å²) in [5.41, 5.74) is 1.01. The number of imidazole rings is 1. The Balaban J connectivity index is 0.00000243. The smallest absolute Gasteiger partial charge is 0.193 e. The van der Waals surface area contributed by atoms with E-state index < -0.39 is 0 Å². The molecule has 0 radical (unpaired) electrons. The minimum absolute atomic E-state index is 0. The first-order chi connectivity index (χ1) is 12.3. The predicted octanol–water partition coefficient (Wildman–Crippen LogP) is 3.33. The molecule has 3 heterocycles. The fourth-order valence-corrected chi connectivity index (χ4v) is 4.21. The van der Waals surface area contributed by atoms with Crippen LogP contribution in [0.25, 0.3) is 4.96 Å². The average molecular weight is 490 g/mol. The lowest BCUT2D eigenvalue weighted by Gasteiger charge is -2.35. The van der Waals surface area contributed by atoms with Crippen LogP contribution in [0.5, 0.6) is 0 Å². The molecule has 8 heteroatoms. The van der Waals surface area contributed by atoms with E-state index in [1.165, 1.54) is 32.2 Å². The second-order valence-electron chi connectivity index (χ2n) is 6.54. The molecule has 2 N–H and O–H groups in total. The summed E-state index contributed by atoms with van der Waals surface area (Å²) >= 11 is 1.65. The number of piperidine rings is 1. The molecule has 26 heavy (non-hydrogen) atoms. The molecule has 2 aromatic rings. The van der Waals surface area contributed by atoms with Crippen molar-refractivity contribution in [1.82, 2.24) is 24.9 Å². The lowest BCUT2D eigenvalue weighted by molar-refractivity contribution is 0.147. The van der Waals surface area contributed by atoms with Gasteiger partial charge in [-0.3, -0.25) is 9.30 Å². The summed E-state index contributed by atoms with van der Waals surface area (Å²) in [5.74, 6) is 0.879. The van der Waals surface area contributed by atoms with Gasteiger partial charge < -0.3 is 10.6 Å². The monoisotopic (exact) mass is 490 g/mol. The average Bonchev–Trinajstić information content (AvgIpc) is 3.21. The minimum atomic E-state index is 0. The molecule has 0 amide bonds. The molecular formula is C18H31IN6S. The van der Waals surface area contributed by atoms with E-state index in [0.717, 1.165) is 42.3 Å². The summed E-state index contributed by atoms with van der Waals surface area (Å²) in [6.45, 7) is 9.12. The molecule has 146 valence electrons. The van der Waals surface area contributed by atoms with Gasteiger partial charge in [0.1, 0.15) is 0 Å². The summed E-state index contributed by atoms with van der Waals surface area (Å²) in [6, 6.07) is 0.758. The maximum Gasteiger partial charge on any atom is 0.193 e. The van der Waals surface area contributed by atoms with E-state index in [4.69, 9.17) is 0 Å². The second kappa shape index (κ2) is 11.1. The zero-order chi connectivity index (χ0) is 17.5. The molecule has 6 nitrogen and oxygen atoms in total. The van der Waals surface area contributed by atoms with Crippen LogP contribution in [0, 0.1) is 0 Å². The SMILES string of the molecule is CCNC(=NCc1cn2ccsc2n1)NCCN1CCCCC1CC.I. The van der Waals surface area contributed by atoms with E-state index in [0.29, 0.717) is 6.54 Å². The number of thiazole rings is 1. The number of nitrogens with one attached hydrogen (secondary N) is 2. The highest BCUT2D eigenvalue weighted by Crippen LogP contribution is 2.18. The van der Waals surface area contributed by atoms with E-state index in [1.54, 1.807) is 11.3 Å². The van der Waals surface area contributed by atoms with Crippen LogP contribution in [-0.2, 0) is 6.54 Å². The van der Waals surface area contributed by atoms with Crippen LogP contribution in [0.15, 0.2) is 22.8 Å². The Morgan fingerprint density at radius 2 is 2.23 bits per heavy atom. The van der Waals surface area contributed by atoms with Crippen molar-refractivity contribution in [3.8, 4) is 0 Å². The standard InChI is InChI=1S/C18H30N6S.HI/c1-3-16-7-5-6-9-23(16)10-8-20-17(19-4-2)21-13-15-14-24-11-12-25-18(24)22-15;/h11-12,14,16H,3-10,13H2,1-2H3,(H2,19,20,21);1H. The molecule has 0 saturated carbocycles. The molecule has 3 rings (SSSR count). The number of likely N-dealkylation sites (tertiary alicyclic amines) is 1. The van der Waals surface area contributed by atoms with Crippen molar-refractivity contribution in [1.29, 1.82) is 0 Å². The van der Waals surface area contributed by atoms with Gasteiger partial charge in [0.15, 0.2) is 10.9 Å². The van der Waals surface area contributed by atoms with Crippen molar-refractivity contribution >= 4 is 46.2 Å². The number of guanidine groups is 1. The molecular weight excluding hydrogens is 459 g/mol. The van der Waals surface area contributed by atoms with Crippen LogP contribution in [0.2, 0.25) is 0 Å². The van der Waals surface area contributed by atoms with Gasteiger partial charge in [-0.15, -0.1) is 35.3 Å². The van der Waals surface area contributed by atoms with E-state index in [9.17, 15) is 0 Å². The number of hydrogen-bond donors (Lipinski definition) is 2. The fraction of sp³-hybridized carbons (Fsp3) is 0.667. The highest BCUT2D eigenvalue weighted by molar-refractivity contribution is 14.0. The van der Waals surface area contributed by atoms with Crippen molar-refractivity contribution < 1.29 is 0 Å².